The number of aliphatic hydroxyl groups is 1. The summed E-state index contributed by atoms with van der Waals surface area (Å²) < 4.78 is 1.97. The zero-order chi connectivity index (χ0) is 14.1. The molecule has 1 atom stereocenters. The third-order valence-electron chi connectivity index (χ3n) is 4.84. The second kappa shape index (κ2) is 5.57. The van der Waals surface area contributed by atoms with Crippen LogP contribution in [0.4, 0.5) is 0 Å². The number of allylic oxidation sites excluding steroid dienone is 4. The molecular weight excluding hydrogens is 248 g/mol. The SMILES string of the molecule is Cc1cnn(C)c1C1=CC([C@H]2CC[C@H](O)CC2)CC=C1. The fourth-order valence-corrected chi connectivity index (χ4v) is 3.68. The first-order chi connectivity index (χ1) is 9.65. The van der Waals surface area contributed by atoms with E-state index in [1.165, 1.54) is 16.8 Å². The zero-order valence-electron chi connectivity index (χ0n) is 12.4. The van der Waals surface area contributed by atoms with Crippen LogP contribution in [0.5, 0.6) is 0 Å². The summed E-state index contributed by atoms with van der Waals surface area (Å²) in [6.45, 7) is 2.12. The summed E-state index contributed by atoms with van der Waals surface area (Å²) >= 11 is 0. The molecule has 108 valence electrons. The third kappa shape index (κ3) is 2.59. The molecule has 0 aliphatic heterocycles. The van der Waals surface area contributed by atoms with E-state index in [1.807, 2.05) is 17.9 Å². The predicted molar refractivity (Wildman–Crippen MR) is 81.1 cm³/mol. The summed E-state index contributed by atoms with van der Waals surface area (Å²) in [4.78, 5) is 0. The van der Waals surface area contributed by atoms with Crippen LogP contribution in [0.15, 0.2) is 24.4 Å². The molecule has 3 heteroatoms. The van der Waals surface area contributed by atoms with Gasteiger partial charge in [0.05, 0.1) is 18.0 Å². The molecule has 1 saturated carbocycles. The topological polar surface area (TPSA) is 38.0 Å². The van der Waals surface area contributed by atoms with E-state index in [9.17, 15) is 5.11 Å². The molecule has 3 nitrogen and oxygen atoms in total. The van der Waals surface area contributed by atoms with Crippen molar-refractivity contribution >= 4 is 5.57 Å². The molecule has 2 aliphatic carbocycles. The lowest BCUT2D eigenvalue weighted by atomic mass is 9.75. The first-order valence-corrected chi connectivity index (χ1v) is 7.70. The Labute approximate surface area is 121 Å². The Morgan fingerprint density at radius 3 is 2.65 bits per heavy atom. The smallest absolute Gasteiger partial charge is 0.0704 e. The van der Waals surface area contributed by atoms with Crippen LogP contribution < -0.4 is 0 Å². The highest BCUT2D eigenvalue weighted by Crippen LogP contribution is 2.37. The maximum absolute atomic E-state index is 9.66. The number of nitrogens with zero attached hydrogens (tertiary/aromatic N) is 2. The monoisotopic (exact) mass is 272 g/mol. The van der Waals surface area contributed by atoms with Gasteiger partial charge in [-0.15, -0.1) is 0 Å². The molecule has 3 rings (SSSR count). The largest absolute Gasteiger partial charge is 0.393 e. The van der Waals surface area contributed by atoms with Gasteiger partial charge in [0.15, 0.2) is 0 Å². The van der Waals surface area contributed by atoms with Gasteiger partial charge in [-0.3, -0.25) is 4.68 Å². The molecule has 0 amide bonds. The molecule has 1 unspecified atom stereocenters. The van der Waals surface area contributed by atoms with Crippen molar-refractivity contribution in [1.82, 2.24) is 9.78 Å². The molecule has 1 fully saturated rings. The molecule has 1 aromatic heterocycles. The summed E-state index contributed by atoms with van der Waals surface area (Å²) in [6, 6.07) is 0. The highest BCUT2D eigenvalue weighted by atomic mass is 16.3. The number of hydrogen-bond donors (Lipinski definition) is 1. The summed E-state index contributed by atoms with van der Waals surface area (Å²) in [5, 5.41) is 14.0. The van der Waals surface area contributed by atoms with E-state index < -0.39 is 0 Å². The summed E-state index contributed by atoms with van der Waals surface area (Å²) in [6.07, 6.45) is 14.3. The molecule has 1 aromatic rings. The maximum Gasteiger partial charge on any atom is 0.0704 e. The highest BCUT2D eigenvalue weighted by molar-refractivity contribution is 5.74. The molecule has 0 spiro atoms. The number of aliphatic hydroxyl groups excluding tert-OH is 1. The molecule has 20 heavy (non-hydrogen) atoms. The second-order valence-electron chi connectivity index (χ2n) is 6.29. The normalized spacial score (nSPS) is 30.4. The van der Waals surface area contributed by atoms with Gasteiger partial charge in [0.1, 0.15) is 0 Å². The van der Waals surface area contributed by atoms with Crippen molar-refractivity contribution in [1.29, 1.82) is 0 Å². The summed E-state index contributed by atoms with van der Waals surface area (Å²) in [5.74, 6) is 1.35. The van der Waals surface area contributed by atoms with Gasteiger partial charge >= 0.3 is 0 Å². The van der Waals surface area contributed by atoms with E-state index in [-0.39, 0.29) is 6.10 Å². The van der Waals surface area contributed by atoms with Gasteiger partial charge in [0, 0.05) is 7.05 Å². The minimum Gasteiger partial charge on any atom is -0.393 e. The van der Waals surface area contributed by atoms with E-state index in [0.29, 0.717) is 5.92 Å². The Morgan fingerprint density at radius 1 is 1.25 bits per heavy atom. The molecule has 0 bridgehead atoms. The minimum absolute atomic E-state index is 0.0619. The van der Waals surface area contributed by atoms with E-state index >= 15 is 0 Å². The van der Waals surface area contributed by atoms with Gasteiger partial charge in [-0.2, -0.15) is 5.10 Å². The summed E-state index contributed by atoms with van der Waals surface area (Å²) in [5.41, 5.74) is 3.79. The van der Waals surface area contributed by atoms with Crippen LogP contribution in [0.2, 0.25) is 0 Å². The van der Waals surface area contributed by atoms with E-state index in [1.54, 1.807) is 0 Å². The Morgan fingerprint density at radius 2 is 2.00 bits per heavy atom. The Kier molecular flexibility index (Phi) is 3.79. The summed E-state index contributed by atoms with van der Waals surface area (Å²) in [7, 11) is 2.01. The van der Waals surface area contributed by atoms with Gasteiger partial charge in [-0.1, -0.05) is 18.2 Å². The lowest BCUT2D eigenvalue weighted by Crippen LogP contribution is -2.24. The average molecular weight is 272 g/mol. The zero-order valence-corrected chi connectivity index (χ0v) is 12.4. The van der Waals surface area contributed by atoms with Crippen LogP contribution in [0.25, 0.3) is 5.57 Å². The Bertz CT molecular complexity index is 514. The van der Waals surface area contributed by atoms with E-state index in [0.717, 1.165) is 38.0 Å². The van der Waals surface area contributed by atoms with Gasteiger partial charge < -0.3 is 5.11 Å². The molecule has 0 radical (unpaired) electrons. The Hall–Kier alpha value is -1.35. The predicted octanol–water partition coefficient (Wildman–Crippen LogP) is 3.24. The van der Waals surface area contributed by atoms with E-state index in [4.69, 9.17) is 0 Å². The number of hydrogen-bond acceptors (Lipinski definition) is 2. The van der Waals surface area contributed by atoms with Crippen molar-refractivity contribution in [2.45, 2.75) is 45.1 Å². The second-order valence-corrected chi connectivity index (χ2v) is 6.29. The minimum atomic E-state index is -0.0619. The fourth-order valence-electron chi connectivity index (χ4n) is 3.68. The van der Waals surface area contributed by atoms with Crippen LogP contribution in [0.1, 0.15) is 43.4 Å². The van der Waals surface area contributed by atoms with Crippen LogP contribution in [0, 0.1) is 18.8 Å². The van der Waals surface area contributed by atoms with Gasteiger partial charge in [-0.25, -0.2) is 0 Å². The molecule has 1 N–H and O–H groups in total. The van der Waals surface area contributed by atoms with Gasteiger partial charge in [0.2, 0.25) is 0 Å². The van der Waals surface area contributed by atoms with E-state index in [2.05, 4.69) is 30.3 Å². The van der Waals surface area contributed by atoms with Crippen molar-refractivity contribution in [3.8, 4) is 0 Å². The molecule has 2 aliphatic rings. The quantitative estimate of drug-likeness (QED) is 0.897. The highest BCUT2D eigenvalue weighted by Gasteiger charge is 2.26. The number of aryl methyl sites for hydroxylation is 2. The molecule has 0 saturated heterocycles. The van der Waals surface area contributed by atoms with Crippen LogP contribution in [-0.4, -0.2) is 21.0 Å². The first-order valence-electron chi connectivity index (χ1n) is 7.70. The fraction of sp³-hybridized carbons (Fsp3) is 0.588. The standard InChI is InChI=1S/C17H24N2O/c1-12-11-18-19(2)17(12)15-5-3-4-14(10-15)13-6-8-16(20)9-7-13/h3,5,10-11,13-14,16,20H,4,6-9H2,1-2H3/t13-,14?,16-. The first kappa shape index (κ1) is 13.6. The van der Waals surface area contributed by atoms with Gasteiger partial charge in [-0.05, 0) is 62.0 Å². The van der Waals surface area contributed by atoms with Crippen LogP contribution in [0.3, 0.4) is 0 Å². The van der Waals surface area contributed by atoms with Gasteiger partial charge in [0.25, 0.3) is 0 Å². The van der Waals surface area contributed by atoms with Crippen molar-refractivity contribution in [3.63, 3.8) is 0 Å². The lowest BCUT2D eigenvalue weighted by Gasteiger charge is -2.31. The van der Waals surface area contributed by atoms with Crippen molar-refractivity contribution in [2.75, 3.05) is 0 Å². The third-order valence-corrected chi connectivity index (χ3v) is 4.84. The number of aromatic nitrogens is 2. The average Bonchev–Trinajstić information content (AvgIpc) is 2.79. The van der Waals surface area contributed by atoms with Crippen LogP contribution in [-0.2, 0) is 7.05 Å². The maximum atomic E-state index is 9.66. The van der Waals surface area contributed by atoms with Crippen molar-refractivity contribution in [2.24, 2.45) is 18.9 Å². The molecule has 0 aromatic carbocycles. The van der Waals surface area contributed by atoms with Crippen molar-refractivity contribution in [3.05, 3.63) is 35.7 Å². The Balaban J connectivity index is 1.81. The van der Waals surface area contributed by atoms with Crippen LogP contribution >= 0.6 is 0 Å². The molecule has 1 heterocycles. The van der Waals surface area contributed by atoms with Crippen molar-refractivity contribution < 1.29 is 5.11 Å². The lowest BCUT2D eigenvalue weighted by molar-refractivity contribution is 0.0978. The molecular formula is C17H24N2O. The number of rotatable bonds is 2.